The van der Waals surface area contributed by atoms with Crippen molar-refractivity contribution in [3.8, 4) is 0 Å². The van der Waals surface area contributed by atoms with E-state index < -0.39 is 0 Å². The van der Waals surface area contributed by atoms with Crippen molar-refractivity contribution in [2.45, 2.75) is 31.9 Å². The minimum atomic E-state index is -0.364. The van der Waals surface area contributed by atoms with Crippen molar-refractivity contribution in [1.82, 2.24) is 5.32 Å². The van der Waals surface area contributed by atoms with Crippen LogP contribution in [0.3, 0.4) is 0 Å². The van der Waals surface area contributed by atoms with Crippen LogP contribution >= 0.6 is 0 Å². The van der Waals surface area contributed by atoms with E-state index in [4.69, 9.17) is 10.8 Å². The molecule has 4 nitrogen and oxygen atoms in total. The average Bonchev–Trinajstić information content (AvgIpc) is 2.51. The molecule has 4 heteroatoms. The molecule has 3 atom stereocenters. The number of rotatable bonds is 4. The molecule has 1 aliphatic rings. The summed E-state index contributed by atoms with van der Waals surface area (Å²) in [6, 6.07) is 0.0162. The fraction of sp³-hybridized carbons (Fsp3) is 0.700. The molecule has 1 rings (SSSR count). The highest BCUT2D eigenvalue weighted by molar-refractivity contribution is 5.81. The largest absolute Gasteiger partial charge is 0.393 e. The number of hydrogen-bond donors (Lipinski definition) is 3. The maximum atomic E-state index is 11.5. The van der Waals surface area contributed by atoms with Gasteiger partial charge in [-0.2, -0.15) is 0 Å². The Morgan fingerprint density at radius 1 is 1.71 bits per heavy atom. The molecule has 0 aromatic rings. The van der Waals surface area contributed by atoms with Gasteiger partial charge in [-0.15, -0.1) is 0 Å². The van der Waals surface area contributed by atoms with Gasteiger partial charge >= 0.3 is 0 Å². The third-order valence-corrected chi connectivity index (χ3v) is 2.31. The summed E-state index contributed by atoms with van der Waals surface area (Å²) >= 11 is 0. The first-order valence-corrected chi connectivity index (χ1v) is 4.99. The van der Waals surface area contributed by atoms with Crippen LogP contribution < -0.4 is 11.1 Å². The van der Waals surface area contributed by atoms with E-state index in [1.807, 2.05) is 12.2 Å². The van der Waals surface area contributed by atoms with Crippen LogP contribution in [0, 0.1) is 5.92 Å². The number of nitrogens with two attached hydrogens (primary N) is 1. The molecule has 0 aromatic carbocycles. The Balaban J connectivity index is 2.19. The van der Waals surface area contributed by atoms with E-state index in [0.717, 1.165) is 0 Å². The van der Waals surface area contributed by atoms with Gasteiger partial charge in [-0.05, 0) is 19.8 Å². The number of carbonyl (C=O) groups is 1. The van der Waals surface area contributed by atoms with Gasteiger partial charge in [0.1, 0.15) is 0 Å². The zero-order chi connectivity index (χ0) is 10.6. The molecule has 14 heavy (non-hydrogen) atoms. The highest BCUT2D eigenvalue weighted by Gasteiger charge is 2.21. The first kappa shape index (κ1) is 11.2. The van der Waals surface area contributed by atoms with Crippen molar-refractivity contribution in [3.05, 3.63) is 12.2 Å². The lowest BCUT2D eigenvalue weighted by Gasteiger charge is -2.11. The molecule has 1 aliphatic carbocycles. The van der Waals surface area contributed by atoms with Crippen molar-refractivity contribution < 1.29 is 9.90 Å². The van der Waals surface area contributed by atoms with Crippen LogP contribution in [0.2, 0.25) is 0 Å². The first-order chi connectivity index (χ1) is 6.59. The maximum Gasteiger partial charge on any atom is 0.226 e. The third-order valence-electron chi connectivity index (χ3n) is 2.31. The molecule has 0 heterocycles. The Bertz CT molecular complexity index is 226. The highest BCUT2D eigenvalue weighted by atomic mass is 16.3. The zero-order valence-corrected chi connectivity index (χ0v) is 8.44. The topological polar surface area (TPSA) is 75.3 Å². The molecule has 0 aromatic heterocycles. The number of carbonyl (C=O) groups excluding carboxylic acids is 1. The fourth-order valence-electron chi connectivity index (χ4n) is 1.46. The summed E-state index contributed by atoms with van der Waals surface area (Å²) in [5, 5.41) is 11.8. The second-order valence-electron chi connectivity index (χ2n) is 3.82. The molecule has 0 spiro atoms. The van der Waals surface area contributed by atoms with E-state index in [1.54, 1.807) is 6.92 Å². The lowest BCUT2D eigenvalue weighted by atomic mass is 10.1. The molecule has 0 bridgehead atoms. The Morgan fingerprint density at radius 3 is 2.93 bits per heavy atom. The second-order valence-corrected chi connectivity index (χ2v) is 3.82. The quantitative estimate of drug-likeness (QED) is 0.546. The van der Waals surface area contributed by atoms with E-state index in [2.05, 4.69) is 5.32 Å². The van der Waals surface area contributed by atoms with Crippen LogP contribution in [0.4, 0.5) is 0 Å². The fourth-order valence-corrected chi connectivity index (χ4v) is 1.46. The zero-order valence-electron chi connectivity index (χ0n) is 8.44. The minimum absolute atomic E-state index is 0.00912. The summed E-state index contributed by atoms with van der Waals surface area (Å²) < 4.78 is 0. The number of nitrogens with one attached hydrogen (secondary N) is 1. The molecule has 0 fully saturated rings. The van der Waals surface area contributed by atoms with Crippen molar-refractivity contribution in [2.24, 2.45) is 11.7 Å². The predicted molar refractivity (Wildman–Crippen MR) is 54.5 cm³/mol. The van der Waals surface area contributed by atoms with Crippen molar-refractivity contribution in [3.63, 3.8) is 0 Å². The molecular weight excluding hydrogens is 180 g/mol. The Labute approximate surface area is 84.2 Å². The number of amides is 1. The molecule has 3 unspecified atom stereocenters. The normalized spacial score (nSPS) is 27.6. The van der Waals surface area contributed by atoms with Gasteiger partial charge in [0, 0.05) is 12.6 Å². The van der Waals surface area contributed by atoms with Crippen LogP contribution in [-0.2, 0) is 4.79 Å². The monoisotopic (exact) mass is 198 g/mol. The average molecular weight is 198 g/mol. The van der Waals surface area contributed by atoms with Crippen LogP contribution in [0.25, 0.3) is 0 Å². The third kappa shape index (κ3) is 3.47. The summed E-state index contributed by atoms with van der Waals surface area (Å²) in [4.78, 5) is 11.5. The maximum absolute atomic E-state index is 11.5. The van der Waals surface area contributed by atoms with Gasteiger partial charge in [0.25, 0.3) is 0 Å². The van der Waals surface area contributed by atoms with Gasteiger partial charge in [0.05, 0.1) is 12.0 Å². The lowest BCUT2D eigenvalue weighted by Crippen LogP contribution is -2.32. The van der Waals surface area contributed by atoms with Crippen molar-refractivity contribution in [2.75, 3.05) is 6.54 Å². The molecule has 0 aliphatic heterocycles. The van der Waals surface area contributed by atoms with E-state index in [9.17, 15) is 4.79 Å². The predicted octanol–water partition coefficient (Wildman–Crippen LogP) is -0.223. The van der Waals surface area contributed by atoms with Gasteiger partial charge in [0.2, 0.25) is 5.91 Å². The summed E-state index contributed by atoms with van der Waals surface area (Å²) in [5.74, 6) is -0.0751. The molecule has 0 saturated heterocycles. The Kier molecular flexibility index (Phi) is 4.10. The molecule has 0 saturated carbocycles. The van der Waals surface area contributed by atoms with Crippen LogP contribution in [0.15, 0.2) is 12.2 Å². The lowest BCUT2D eigenvalue weighted by molar-refractivity contribution is -0.123. The van der Waals surface area contributed by atoms with Gasteiger partial charge in [-0.3, -0.25) is 4.79 Å². The summed E-state index contributed by atoms with van der Waals surface area (Å²) in [6.45, 7) is 2.23. The molecular formula is C10H18N2O2. The molecule has 0 radical (unpaired) electrons. The van der Waals surface area contributed by atoms with E-state index in [1.165, 1.54) is 0 Å². The molecule has 1 amide bonds. The number of aliphatic hydroxyl groups is 1. The second kappa shape index (κ2) is 5.12. The standard InChI is InChI=1S/C10H18N2O2/c1-7(13)4-5-12-10(14)8-2-3-9(11)6-8/h2-3,7-9,13H,4-6,11H2,1H3,(H,12,14). The summed E-state index contributed by atoms with van der Waals surface area (Å²) in [6.07, 6.45) is 4.63. The first-order valence-electron chi connectivity index (χ1n) is 4.99. The molecule has 4 N–H and O–H groups in total. The number of aliphatic hydroxyl groups excluding tert-OH is 1. The number of hydrogen-bond acceptors (Lipinski definition) is 3. The van der Waals surface area contributed by atoms with E-state index in [-0.39, 0.29) is 24.0 Å². The van der Waals surface area contributed by atoms with Gasteiger partial charge in [-0.1, -0.05) is 12.2 Å². The van der Waals surface area contributed by atoms with Crippen LogP contribution in [0.1, 0.15) is 19.8 Å². The van der Waals surface area contributed by atoms with Gasteiger partial charge in [-0.25, -0.2) is 0 Å². The molecule has 80 valence electrons. The van der Waals surface area contributed by atoms with Gasteiger partial charge < -0.3 is 16.2 Å². The van der Waals surface area contributed by atoms with Gasteiger partial charge in [0.15, 0.2) is 0 Å². The Morgan fingerprint density at radius 2 is 2.43 bits per heavy atom. The van der Waals surface area contributed by atoms with Crippen LogP contribution in [-0.4, -0.2) is 29.7 Å². The van der Waals surface area contributed by atoms with E-state index in [0.29, 0.717) is 19.4 Å². The minimum Gasteiger partial charge on any atom is -0.393 e. The summed E-state index contributed by atoms with van der Waals surface area (Å²) in [7, 11) is 0. The van der Waals surface area contributed by atoms with Crippen LogP contribution in [0.5, 0.6) is 0 Å². The highest BCUT2D eigenvalue weighted by Crippen LogP contribution is 2.15. The smallest absolute Gasteiger partial charge is 0.226 e. The van der Waals surface area contributed by atoms with Crippen molar-refractivity contribution in [1.29, 1.82) is 0 Å². The van der Waals surface area contributed by atoms with Crippen molar-refractivity contribution >= 4 is 5.91 Å². The van der Waals surface area contributed by atoms with E-state index >= 15 is 0 Å². The Hall–Kier alpha value is -0.870. The SMILES string of the molecule is CC(O)CCNC(=O)C1C=CC(N)C1. The summed E-state index contributed by atoms with van der Waals surface area (Å²) in [5.41, 5.74) is 5.63.